The fourth-order valence-electron chi connectivity index (χ4n) is 0.380. The van der Waals surface area contributed by atoms with Crippen LogP contribution >= 0.6 is 0 Å². The van der Waals surface area contributed by atoms with Crippen molar-refractivity contribution >= 4 is 0 Å². The fourth-order valence-corrected chi connectivity index (χ4v) is 0.380. The number of hydroxylamine groups is 1. The molecule has 0 saturated carbocycles. The Hall–Kier alpha value is -0.800. The van der Waals surface area contributed by atoms with Gasteiger partial charge in [-0.1, -0.05) is 12.2 Å². The molecule has 0 radical (unpaired) electrons. The molecule has 0 aromatic rings. The maximum atomic E-state index is 8.04. The summed E-state index contributed by atoms with van der Waals surface area (Å²) in [5.41, 5.74) is 1.90. The molecule has 3 heteroatoms. The van der Waals surface area contributed by atoms with Gasteiger partial charge in [-0.05, 0) is 0 Å². The van der Waals surface area contributed by atoms with Crippen LogP contribution in [-0.2, 0) is 0 Å². The van der Waals surface area contributed by atoms with Crippen LogP contribution in [0, 0.1) is 0 Å². The smallest absolute Gasteiger partial charge is 0.0213 e. The summed E-state index contributed by atoms with van der Waals surface area (Å²) in [5.74, 6) is 0. The summed E-state index contributed by atoms with van der Waals surface area (Å²) in [7, 11) is 0. The van der Waals surface area contributed by atoms with Crippen molar-refractivity contribution in [2.24, 2.45) is 0 Å². The molecule has 0 saturated heterocycles. The van der Waals surface area contributed by atoms with Gasteiger partial charge in [-0.25, -0.2) is 0 Å². The molecule has 0 bridgehead atoms. The van der Waals surface area contributed by atoms with Gasteiger partial charge in [0.1, 0.15) is 0 Å². The van der Waals surface area contributed by atoms with Crippen molar-refractivity contribution in [3.63, 3.8) is 0 Å². The van der Waals surface area contributed by atoms with Gasteiger partial charge in [0, 0.05) is 19.3 Å². The van der Waals surface area contributed by atoms with Crippen molar-refractivity contribution in [2.75, 3.05) is 13.1 Å². The Balaban J connectivity index is 2.90. The van der Waals surface area contributed by atoms with Gasteiger partial charge in [0.2, 0.25) is 0 Å². The SMILES string of the molecule is C=CCNCC=CNO. The summed E-state index contributed by atoms with van der Waals surface area (Å²) in [6.45, 7) is 5.05. The standard InChI is InChI=1S/C6H12N2O/c1-2-4-7-5-3-6-8-9/h2-3,6-9H,1,4-5H2. The van der Waals surface area contributed by atoms with Crippen molar-refractivity contribution in [1.82, 2.24) is 10.8 Å². The van der Waals surface area contributed by atoms with Gasteiger partial charge < -0.3 is 5.32 Å². The van der Waals surface area contributed by atoms with Crippen LogP contribution in [0.2, 0.25) is 0 Å². The van der Waals surface area contributed by atoms with Crippen molar-refractivity contribution in [2.45, 2.75) is 0 Å². The van der Waals surface area contributed by atoms with Crippen molar-refractivity contribution in [3.05, 3.63) is 24.9 Å². The van der Waals surface area contributed by atoms with E-state index in [0.29, 0.717) is 0 Å². The summed E-state index contributed by atoms with van der Waals surface area (Å²) in [5, 5.41) is 11.1. The minimum absolute atomic E-state index is 0.736. The van der Waals surface area contributed by atoms with E-state index in [4.69, 9.17) is 5.21 Å². The molecule has 0 aliphatic rings. The van der Waals surface area contributed by atoms with Gasteiger partial charge in [-0.2, -0.15) is 0 Å². The third-order valence-electron chi connectivity index (χ3n) is 0.743. The summed E-state index contributed by atoms with van der Waals surface area (Å²) < 4.78 is 0. The van der Waals surface area contributed by atoms with Crippen LogP contribution in [0.3, 0.4) is 0 Å². The molecule has 0 spiro atoms. The highest BCUT2D eigenvalue weighted by atomic mass is 16.5. The molecule has 0 atom stereocenters. The summed E-state index contributed by atoms with van der Waals surface area (Å²) >= 11 is 0. The largest absolute Gasteiger partial charge is 0.310 e. The van der Waals surface area contributed by atoms with Gasteiger partial charge in [-0.3, -0.25) is 10.7 Å². The van der Waals surface area contributed by atoms with Crippen LogP contribution in [-0.4, -0.2) is 18.3 Å². The summed E-state index contributed by atoms with van der Waals surface area (Å²) in [6.07, 6.45) is 5.00. The Morgan fingerprint density at radius 2 is 2.22 bits per heavy atom. The molecule has 9 heavy (non-hydrogen) atoms. The predicted octanol–water partition coefficient (Wildman–Crippen LogP) is 0.255. The summed E-state index contributed by atoms with van der Waals surface area (Å²) in [6, 6.07) is 0. The van der Waals surface area contributed by atoms with E-state index in [0.717, 1.165) is 13.1 Å². The average molecular weight is 128 g/mol. The lowest BCUT2D eigenvalue weighted by Crippen LogP contribution is -2.13. The van der Waals surface area contributed by atoms with Crippen LogP contribution in [0.5, 0.6) is 0 Å². The van der Waals surface area contributed by atoms with Crippen molar-refractivity contribution in [1.29, 1.82) is 0 Å². The van der Waals surface area contributed by atoms with E-state index in [2.05, 4.69) is 11.9 Å². The van der Waals surface area contributed by atoms with Gasteiger partial charge in [-0.15, -0.1) is 6.58 Å². The monoisotopic (exact) mass is 128 g/mol. The second-order valence-electron chi connectivity index (χ2n) is 1.48. The van der Waals surface area contributed by atoms with E-state index in [1.165, 1.54) is 6.20 Å². The Kier molecular flexibility index (Phi) is 6.56. The molecule has 0 amide bonds. The highest BCUT2D eigenvalue weighted by Gasteiger charge is 1.72. The number of rotatable bonds is 5. The molecule has 0 aliphatic carbocycles. The molecule has 0 fully saturated rings. The van der Waals surface area contributed by atoms with Gasteiger partial charge in [0.15, 0.2) is 0 Å². The Morgan fingerprint density at radius 3 is 2.78 bits per heavy atom. The van der Waals surface area contributed by atoms with Crippen molar-refractivity contribution in [3.8, 4) is 0 Å². The normalized spacial score (nSPS) is 9.89. The average Bonchev–Trinajstić information content (AvgIpc) is 1.89. The highest BCUT2D eigenvalue weighted by Crippen LogP contribution is 1.64. The van der Waals surface area contributed by atoms with E-state index in [9.17, 15) is 0 Å². The second kappa shape index (κ2) is 7.20. The quantitative estimate of drug-likeness (QED) is 0.282. The molecule has 3 N–H and O–H groups in total. The Morgan fingerprint density at radius 1 is 1.44 bits per heavy atom. The van der Waals surface area contributed by atoms with E-state index < -0.39 is 0 Å². The zero-order valence-electron chi connectivity index (χ0n) is 5.30. The number of hydrogen-bond acceptors (Lipinski definition) is 3. The predicted molar refractivity (Wildman–Crippen MR) is 37.1 cm³/mol. The molecule has 0 aromatic heterocycles. The second-order valence-corrected chi connectivity index (χ2v) is 1.48. The summed E-state index contributed by atoms with van der Waals surface area (Å²) in [4.78, 5) is 0. The molecular formula is C6H12N2O. The van der Waals surface area contributed by atoms with Gasteiger partial charge in [0.25, 0.3) is 0 Å². The van der Waals surface area contributed by atoms with E-state index >= 15 is 0 Å². The third kappa shape index (κ3) is 7.20. The maximum absolute atomic E-state index is 8.04. The zero-order valence-corrected chi connectivity index (χ0v) is 5.30. The van der Waals surface area contributed by atoms with Crippen LogP contribution in [0.1, 0.15) is 0 Å². The number of hydrogen-bond donors (Lipinski definition) is 3. The minimum Gasteiger partial charge on any atom is -0.310 e. The molecule has 0 aliphatic heterocycles. The molecule has 0 unspecified atom stereocenters. The Bertz CT molecular complexity index is 91.1. The number of nitrogens with one attached hydrogen (secondary N) is 2. The maximum Gasteiger partial charge on any atom is 0.0213 e. The fraction of sp³-hybridized carbons (Fsp3) is 0.333. The lowest BCUT2D eigenvalue weighted by atomic mass is 10.5. The van der Waals surface area contributed by atoms with E-state index in [-0.39, 0.29) is 0 Å². The van der Waals surface area contributed by atoms with Gasteiger partial charge >= 0.3 is 0 Å². The zero-order chi connectivity index (χ0) is 6.95. The van der Waals surface area contributed by atoms with Crippen LogP contribution in [0.25, 0.3) is 0 Å². The first kappa shape index (κ1) is 8.20. The molecular weight excluding hydrogens is 116 g/mol. The topological polar surface area (TPSA) is 44.3 Å². The van der Waals surface area contributed by atoms with E-state index in [1.807, 2.05) is 5.48 Å². The first-order valence-corrected chi connectivity index (χ1v) is 2.78. The highest BCUT2D eigenvalue weighted by molar-refractivity contribution is 4.81. The van der Waals surface area contributed by atoms with E-state index in [1.54, 1.807) is 12.2 Å². The molecule has 0 rings (SSSR count). The molecule has 0 heterocycles. The van der Waals surface area contributed by atoms with Crippen LogP contribution in [0.15, 0.2) is 24.9 Å². The molecule has 0 aromatic carbocycles. The van der Waals surface area contributed by atoms with Crippen molar-refractivity contribution < 1.29 is 5.21 Å². The minimum atomic E-state index is 0.736. The van der Waals surface area contributed by atoms with Crippen LogP contribution in [0.4, 0.5) is 0 Å². The lowest BCUT2D eigenvalue weighted by Gasteiger charge is -1.92. The lowest BCUT2D eigenvalue weighted by molar-refractivity contribution is 0.214. The third-order valence-corrected chi connectivity index (χ3v) is 0.743. The Labute approximate surface area is 55.0 Å². The molecule has 52 valence electrons. The van der Waals surface area contributed by atoms with Gasteiger partial charge in [0.05, 0.1) is 0 Å². The van der Waals surface area contributed by atoms with Crippen LogP contribution < -0.4 is 10.8 Å². The first-order valence-electron chi connectivity index (χ1n) is 2.78. The first-order chi connectivity index (χ1) is 4.41. The molecule has 3 nitrogen and oxygen atoms in total.